The van der Waals surface area contributed by atoms with E-state index in [-0.39, 0.29) is 5.82 Å². The van der Waals surface area contributed by atoms with Crippen LogP contribution in [0.3, 0.4) is 0 Å². The van der Waals surface area contributed by atoms with Crippen LogP contribution < -0.4 is 5.73 Å². The first-order chi connectivity index (χ1) is 7.66. The number of nitrogen functional groups attached to an aromatic ring is 1. The molecule has 0 saturated carbocycles. The fraction of sp³-hybridized carbons (Fsp3) is 0. The Labute approximate surface area is 106 Å². The van der Waals surface area contributed by atoms with Gasteiger partial charge in [0, 0.05) is 20.0 Å². The van der Waals surface area contributed by atoms with Crippen molar-refractivity contribution in [1.82, 2.24) is 0 Å². The summed E-state index contributed by atoms with van der Waals surface area (Å²) in [5, 5.41) is 0. The van der Waals surface area contributed by atoms with Gasteiger partial charge in [0.25, 0.3) is 0 Å². The van der Waals surface area contributed by atoms with Crippen LogP contribution in [-0.2, 0) is 0 Å². The second kappa shape index (κ2) is 4.89. The Morgan fingerprint density at radius 1 is 1.06 bits per heavy atom. The Morgan fingerprint density at radius 3 is 2.50 bits per heavy atom. The minimum Gasteiger partial charge on any atom is -0.399 e. The standard InChI is InChI=1S/C12H9BrFNS/c13-9-3-1-2-4-11(9)16-12-6-5-8(15)7-10(12)14/h1-7H,15H2. The zero-order chi connectivity index (χ0) is 11.5. The van der Waals surface area contributed by atoms with E-state index in [0.717, 1.165) is 9.37 Å². The lowest BCUT2D eigenvalue weighted by Crippen LogP contribution is -1.88. The first-order valence-corrected chi connectivity index (χ1v) is 6.25. The Hall–Kier alpha value is -1.000. The monoisotopic (exact) mass is 297 g/mol. The molecule has 0 saturated heterocycles. The average molecular weight is 298 g/mol. The number of benzene rings is 2. The molecule has 0 aliphatic carbocycles. The van der Waals surface area contributed by atoms with Gasteiger partial charge >= 0.3 is 0 Å². The summed E-state index contributed by atoms with van der Waals surface area (Å²) < 4.78 is 14.5. The molecule has 16 heavy (non-hydrogen) atoms. The van der Waals surface area contributed by atoms with Gasteiger partial charge in [0.1, 0.15) is 5.82 Å². The highest BCUT2D eigenvalue weighted by atomic mass is 79.9. The summed E-state index contributed by atoms with van der Waals surface area (Å²) in [6, 6.07) is 12.4. The van der Waals surface area contributed by atoms with Crippen LogP contribution in [0.25, 0.3) is 0 Å². The average Bonchev–Trinajstić information content (AvgIpc) is 2.25. The van der Waals surface area contributed by atoms with Crippen molar-refractivity contribution < 1.29 is 4.39 Å². The van der Waals surface area contributed by atoms with Gasteiger partial charge in [-0.1, -0.05) is 23.9 Å². The van der Waals surface area contributed by atoms with Gasteiger partial charge in [-0.25, -0.2) is 4.39 Å². The van der Waals surface area contributed by atoms with Crippen LogP contribution in [-0.4, -0.2) is 0 Å². The zero-order valence-corrected chi connectivity index (χ0v) is 10.7. The van der Waals surface area contributed by atoms with Crippen LogP contribution in [0.5, 0.6) is 0 Å². The molecule has 2 aromatic rings. The van der Waals surface area contributed by atoms with E-state index in [1.165, 1.54) is 17.8 Å². The van der Waals surface area contributed by atoms with E-state index < -0.39 is 0 Å². The van der Waals surface area contributed by atoms with E-state index in [9.17, 15) is 4.39 Å². The molecule has 1 nitrogen and oxygen atoms in total. The minimum atomic E-state index is -0.291. The topological polar surface area (TPSA) is 26.0 Å². The Balaban J connectivity index is 2.31. The molecule has 0 bridgehead atoms. The zero-order valence-electron chi connectivity index (χ0n) is 8.28. The molecule has 0 amide bonds. The highest BCUT2D eigenvalue weighted by Gasteiger charge is 2.06. The summed E-state index contributed by atoms with van der Waals surface area (Å²) in [5.41, 5.74) is 5.93. The Morgan fingerprint density at radius 2 is 1.81 bits per heavy atom. The van der Waals surface area contributed by atoms with Crippen molar-refractivity contribution in [2.45, 2.75) is 9.79 Å². The molecule has 0 spiro atoms. The molecule has 0 aliphatic heterocycles. The van der Waals surface area contributed by atoms with Gasteiger partial charge < -0.3 is 5.73 Å². The summed E-state index contributed by atoms with van der Waals surface area (Å²) in [6.07, 6.45) is 0. The molecular formula is C12H9BrFNS. The molecule has 0 aromatic heterocycles. The second-order valence-corrected chi connectivity index (χ2v) is 5.16. The summed E-state index contributed by atoms with van der Waals surface area (Å²) in [7, 11) is 0. The van der Waals surface area contributed by atoms with Crippen molar-refractivity contribution in [2.75, 3.05) is 5.73 Å². The lowest BCUT2D eigenvalue weighted by Gasteiger charge is -2.05. The fourth-order valence-electron chi connectivity index (χ4n) is 1.25. The van der Waals surface area contributed by atoms with E-state index in [1.54, 1.807) is 12.1 Å². The SMILES string of the molecule is Nc1ccc(Sc2ccccc2Br)c(F)c1. The smallest absolute Gasteiger partial charge is 0.139 e. The molecule has 0 aliphatic rings. The van der Waals surface area contributed by atoms with E-state index in [0.29, 0.717) is 10.6 Å². The molecule has 4 heteroatoms. The van der Waals surface area contributed by atoms with E-state index >= 15 is 0 Å². The van der Waals surface area contributed by atoms with Gasteiger partial charge in [-0.3, -0.25) is 0 Å². The quantitative estimate of drug-likeness (QED) is 0.836. The molecular weight excluding hydrogens is 289 g/mol. The first-order valence-electron chi connectivity index (χ1n) is 4.64. The number of anilines is 1. The van der Waals surface area contributed by atoms with Crippen molar-refractivity contribution in [3.8, 4) is 0 Å². The number of hydrogen-bond acceptors (Lipinski definition) is 2. The van der Waals surface area contributed by atoms with Crippen molar-refractivity contribution in [3.63, 3.8) is 0 Å². The van der Waals surface area contributed by atoms with Crippen molar-refractivity contribution in [3.05, 3.63) is 52.8 Å². The summed E-state index contributed by atoms with van der Waals surface area (Å²) in [6.45, 7) is 0. The predicted molar refractivity (Wildman–Crippen MR) is 69.1 cm³/mol. The van der Waals surface area contributed by atoms with Crippen LogP contribution >= 0.6 is 27.7 Å². The third kappa shape index (κ3) is 2.57. The van der Waals surface area contributed by atoms with Crippen molar-refractivity contribution in [1.29, 1.82) is 0 Å². The van der Waals surface area contributed by atoms with Gasteiger partial charge in [0.15, 0.2) is 0 Å². The fourth-order valence-corrected chi connectivity index (χ4v) is 2.61. The molecule has 0 fully saturated rings. The number of rotatable bonds is 2. The summed E-state index contributed by atoms with van der Waals surface area (Å²) in [5.74, 6) is -0.291. The first kappa shape index (κ1) is 11.5. The molecule has 0 radical (unpaired) electrons. The number of nitrogens with two attached hydrogens (primary N) is 1. The lowest BCUT2D eigenvalue weighted by atomic mass is 10.3. The normalized spacial score (nSPS) is 10.4. The van der Waals surface area contributed by atoms with Gasteiger partial charge in [-0.2, -0.15) is 0 Å². The molecule has 0 atom stereocenters. The van der Waals surface area contributed by atoms with Gasteiger partial charge in [0.05, 0.1) is 0 Å². The third-order valence-corrected chi connectivity index (χ3v) is 4.09. The largest absolute Gasteiger partial charge is 0.399 e. The highest BCUT2D eigenvalue weighted by molar-refractivity contribution is 9.10. The van der Waals surface area contributed by atoms with E-state index in [4.69, 9.17) is 5.73 Å². The van der Waals surface area contributed by atoms with Gasteiger partial charge in [-0.15, -0.1) is 0 Å². The van der Waals surface area contributed by atoms with Crippen LogP contribution in [0, 0.1) is 5.82 Å². The molecule has 2 rings (SSSR count). The third-order valence-electron chi connectivity index (χ3n) is 2.01. The predicted octanol–water partition coefficient (Wildman–Crippen LogP) is 4.32. The van der Waals surface area contributed by atoms with Crippen LogP contribution in [0.1, 0.15) is 0 Å². The van der Waals surface area contributed by atoms with Crippen LogP contribution in [0.15, 0.2) is 56.7 Å². The Kier molecular flexibility index (Phi) is 3.51. The minimum absolute atomic E-state index is 0.291. The van der Waals surface area contributed by atoms with E-state index in [2.05, 4.69) is 15.9 Å². The van der Waals surface area contributed by atoms with Crippen molar-refractivity contribution >= 4 is 33.4 Å². The summed E-state index contributed by atoms with van der Waals surface area (Å²) in [4.78, 5) is 1.55. The Bertz CT molecular complexity index is 516. The number of hydrogen-bond donors (Lipinski definition) is 1. The summed E-state index contributed by atoms with van der Waals surface area (Å²) >= 11 is 4.80. The van der Waals surface area contributed by atoms with Crippen LogP contribution in [0.4, 0.5) is 10.1 Å². The number of halogens is 2. The maximum Gasteiger partial charge on any atom is 0.139 e. The molecule has 82 valence electrons. The lowest BCUT2D eigenvalue weighted by molar-refractivity contribution is 0.603. The molecule has 2 aromatic carbocycles. The van der Waals surface area contributed by atoms with Crippen LogP contribution in [0.2, 0.25) is 0 Å². The molecule has 2 N–H and O–H groups in total. The maximum atomic E-state index is 13.6. The molecule has 0 unspecified atom stereocenters. The highest BCUT2D eigenvalue weighted by Crippen LogP contribution is 2.34. The van der Waals surface area contributed by atoms with Gasteiger partial charge in [-0.05, 0) is 46.3 Å². The van der Waals surface area contributed by atoms with Gasteiger partial charge in [0.2, 0.25) is 0 Å². The van der Waals surface area contributed by atoms with E-state index in [1.807, 2.05) is 24.3 Å². The maximum absolute atomic E-state index is 13.6. The molecule has 0 heterocycles. The van der Waals surface area contributed by atoms with Crippen molar-refractivity contribution in [2.24, 2.45) is 0 Å². The second-order valence-electron chi connectivity index (χ2n) is 3.22.